The van der Waals surface area contributed by atoms with Gasteiger partial charge < -0.3 is 10.1 Å². The van der Waals surface area contributed by atoms with E-state index in [0.29, 0.717) is 15.1 Å². The minimum Gasteiger partial charge on any atom is -0.471 e. The van der Waals surface area contributed by atoms with Crippen LogP contribution in [0.3, 0.4) is 0 Å². The molecule has 4 aromatic heterocycles. The largest absolute Gasteiger partial charge is 0.471 e. The third-order valence-electron chi connectivity index (χ3n) is 5.40. The number of benzene rings is 1. The van der Waals surface area contributed by atoms with E-state index in [-0.39, 0.29) is 28.8 Å². The lowest BCUT2D eigenvalue weighted by molar-refractivity contribution is -0.142. The molecule has 1 amide bonds. The number of carbonyl (C=O) groups excluding carboxylic acids is 1. The van der Waals surface area contributed by atoms with Gasteiger partial charge in [-0.3, -0.25) is 4.79 Å². The summed E-state index contributed by atoms with van der Waals surface area (Å²) in [5.41, 5.74) is -0.229. The molecule has 1 aromatic carbocycles. The van der Waals surface area contributed by atoms with Gasteiger partial charge in [0.25, 0.3) is 5.91 Å². The first-order valence-electron chi connectivity index (χ1n) is 11.0. The fourth-order valence-electron chi connectivity index (χ4n) is 3.54. The number of nitrogens with zero attached hydrogens (tertiary/aromatic N) is 5. The second-order valence-corrected chi connectivity index (χ2v) is 9.22. The van der Waals surface area contributed by atoms with Gasteiger partial charge in [-0.1, -0.05) is 36.7 Å². The standard InChI is InChI=1S/C24H18ClF3N6O2S/c1-2-14-5-7-16(8-6-14)36-13-33-12-15(11-29-33)30-23(35)21-20(25)22-31-17(18-4-3-9-37-18)10-19(24(26,27)28)34(22)32-21/h3-12H,2,13H2,1H3,(H,30,35). The number of fused-ring (bicyclic) bond motifs is 1. The molecule has 5 aromatic rings. The molecule has 1 N–H and O–H groups in total. The Morgan fingerprint density at radius 2 is 2.00 bits per heavy atom. The summed E-state index contributed by atoms with van der Waals surface area (Å²) >= 11 is 7.54. The van der Waals surface area contributed by atoms with Gasteiger partial charge in [0.2, 0.25) is 0 Å². The van der Waals surface area contributed by atoms with Crippen molar-refractivity contribution in [3.63, 3.8) is 0 Å². The molecule has 37 heavy (non-hydrogen) atoms. The normalized spacial score (nSPS) is 11.7. The van der Waals surface area contributed by atoms with Crippen molar-refractivity contribution in [2.45, 2.75) is 26.3 Å². The van der Waals surface area contributed by atoms with Gasteiger partial charge in [0.1, 0.15) is 10.8 Å². The van der Waals surface area contributed by atoms with Crippen molar-refractivity contribution in [1.29, 1.82) is 0 Å². The van der Waals surface area contributed by atoms with Crippen molar-refractivity contribution in [2.24, 2.45) is 0 Å². The molecule has 0 fully saturated rings. The van der Waals surface area contributed by atoms with Crippen molar-refractivity contribution in [3.05, 3.63) is 82.2 Å². The predicted octanol–water partition coefficient (Wildman–Crippen LogP) is 6.18. The summed E-state index contributed by atoms with van der Waals surface area (Å²) in [7, 11) is 0. The number of aryl methyl sites for hydroxylation is 1. The fourth-order valence-corrected chi connectivity index (χ4v) is 4.47. The number of aromatic nitrogens is 5. The van der Waals surface area contributed by atoms with Crippen LogP contribution in [0.1, 0.15) is 28.7 Å². The third kappa shape index (κ3) is 5.16. The van der Waals surface area contributed by atoms with Crippen LogP contribution in [0.4, 0.5) is 18.9 Å². The fraction of sp³-hybridized carbons (Fsp3) is 0.167. The Labute approximate surface area is 217 Å². The van der Waals surface area contributed by atoms with E-state index < -0.39 is 23.5 Å². The molecule has 0 aliphatic rings. The molecule has 0 radical (unpaired) electrons. The summed E-state index contributed by atoms with van der Waals surface area (Å²) in [5.74, 6) is -0.151. The van der Waals surface area contributed by atoms with E-state index in [1.54, 1.807) is 17.5 Å². The maximum atomic E-state index is 13.8. The van der Waals surface area contributed by atoms with Crippen molar-refractivity contribution in [2.75, 3.05) is 5.32 Å². The van der Waals surface area contributed by atoms with Crippen LogP contribution in [0.5, 0.6) is 5.75 Å². The molecule has 0 spiro atoms. The molecule has 8 nitrogen and oxygen atoms in total. The lowest BCUT2D eigenvalue weighted by Gasteiger charge is -2.10. The zero-order valence-corrected chi connectivity index (χ0v) is 20.7. The summed E-state index contributed by atoms with van der Waals surface area (Å²) in [5, 5.41) is 11.9. The van der Waals surface area contributed by atoms with Crippen molar-refractivity contribution in [1.82, 2.24) is 24.4 Å². The highest BCUT2D eigenvalue weighted by atomic mass is 35.5. The first-order chi connectivity index (χ1) is 17.7. The Bertz CT molecular complexity index is 1560. The summed E-state index contributed by atoms with van der Waals surface area (Å²) in [6, 6.07) is 11.8. The van der Waals surface area contributed by atoms with Gasteiger partial charge in [-0.15, -0.1) is 11.3 Å². The molecular weight excluding hydrogens is 529 g/mol. The number of alkyl halides is 3. The smallest absolute Gasteiger partial charge is 0.433 e. The monoisotopic (exact) mass is 546 g/mol. The molecule has 0 saturated heterocycles. The number of anilines is 1. The van der Waals surface area contributed by atoms with Crippen LogP contribution in [0.2, 0.25) is 5.02 Å². The molecule has 0 atom stereocenters. The number of amides is 1. The molecule has 0 aliphatic carbocycles. The SMILES string of the molecule is CCc1ccc(OCn2cc(NC(=O)c3nn4c(C(F)(F)F)cc(-c5cccs5)nc4c3Cl)cn2)cc1. The summed E-state index contributed by atoms with van der Waals surface area (Å²) in [6.45, 7) is 2.14. The van der Waals surface area contributed by atoms with Crippen molar-refractivity contribution < 1.29 is 22.7 Å². The van der Waals surface area contributed by atoms with E-state index >= 15 is 0 Å². The van der Waals surface area contributed by atoms with E-state index in [1.807, 2.05) is 24.3 Å². The van der Waals surface area contributed by atoms with Gasteiger partial charge in [0, 0.05) is 0 Å². The van der Waals surface area contributed by atoms with E-state index in [4.69, 9.17) is 16.3 Å². The maximum absolute atomic E-state index is 13.8. The quantitative estimate of drug-likeness (QED) is 0.263. The average Bonchev–Trinajstić information content (AvgIpc) is 3.63. The van der Waals surface area contributed by atoms with Gasteiger partial charge in [-0.25, -0.2) is 14.2 Å². The van der Waals surface area contributed by atoms with E-state index in [0.717, 1.165) is 12.5 Å². The minimum atomic E-state index is -4.76. The minimum absolute atomic E-state index is 0.0780. The topological polar surface area (TPSA) is 86.3 Å². The van der Waals surface area contributed by atoms with E-state index in [9.17, 15) is 18.0 Å². The highest BCUT2D eigenvalue weighted by Crippen LogP contribution is 2.35. The lowest BCUT2D eigenvalue weighted by atomic mass is 10.2. The highest BCUT2D eigenvalue weighted by molar-refractivity contribution is 7.13. The van der Waals surface area contributed by atoms with Gasteiger partial charge in [0.15, 0.2) is 23.8 Å². The average molecular weight is 547 g/mol. The number of ether oxygens (including phenoxy) is 1. The van der Waals surface area contributed by atoms with Crippen LogP contribution in [-0.4, -0.2) is 30.3 Å². The van der Waals surface area contributed by atoms with Crippen LogP contribution >= 0.6 is 22.9 Å². The van der Waals surface area contributed by atoms with Crippen molar-refractivity contribution >= 4 is 40.2 Å². The van der Waals surface area contributed by atoms with E-state index in [2.05, 4.69) is 27.4 Å². The lowest BCUT2D eigenvalue weighted by Crippen LogP contribution is -2.15. The number of halogens is 4. The number of carbonyl (C=O) groups is 1. The Morgan fingerprint density at radius 1 is 1.22 bits per heavy atom. The van der Waals surface area contributed by atoms with Crippen LogP contribution in [0.15, 0.2) is 60.2 Å². The molecule has 13 heteroatoms. The highest BCUT2D eigenvalue weighted by Gasteiger charge is 2.37. The number of thiophene rings is 1. The molecule has 4 heterocycles. The van der Waals surface area contributed by atoms with Crippen LogP contribution in [0, 0.1) is 0 Å². The second-order valence-electron chi connectivity index (χ2n) is 7.89. The first kappa shape index (κ1) is 24.8. The molecule has 0 bridgehead atoms. The Hall–Kier alpha value is -3.90. The summed E-state index contributed by atoms with van der Waals surface area (Å²) in [6.07, 6.45) is -0.952. The molecule has 5 rings (SSSR count). The molecule has 0 saturated carbocycles. The summed E-state index contributed by atoms with van der Waals surface area (Å²) in [4.78, 5) is 17.6. The zero-order chi connectivity index (χ0) is 26.2. The summed E-state index contributed by atoms with van der Waals surface area (Å²) < 4.78 is 49.1. The number of rotatable bonds is 7. The van der Waals surface area contributed by atoms with Gasteiger partial charge in [0.05, 0.1) is 28.7 Å². The maximum Gasteiger partial charge on any atom is 0.433 e. The molecule has 0 aliphatic heterocycles. The van der Waals surface area contributed by atoms with Crippen LogP contribution < -0.4 is 10.1 Å². The van der Waals surface area contributed by atoms with E-state index in [1.165, 1.54) is 34.0 Å². The Morgan fingerprint density at radius 3 is 2.68 bits per heavy atom. The van der Waals surface area contributed by atoms with Gasteiger partial charge in [-0.2, -0.15) is 23.4 Å². The number of hydrogen-bond acceptors (Lipinski definition) is 6. The van der Waals surface area contributed by atoms with Crippen molar-refractivity contribution in [3.8, 4) is 16.3 Å². The molecular formula is C24H18ClF3N6O2S. The first-order valence-corrected chi connectivity index (χ1v) is 12.2. The van der Waals surface area contributed by atoms with Gasteiger partial charge in [-0.05, 0) is 41.6 Å². The van der Waals surface area contributed by atoms with Crippen LogP contribution in [-0.2, 0) is 19.3 Å². The van der Waals surface area contributed by atoms with Gasteiger partial charge >= 0.3 is 6.18 Å². The zero-order valence-electron chi connectivity index (χ0n) is 19.2. The number of nitrogens with one attached hydrogen (secondary N) is 1. The predicted molar refractivity (Wildman–Crippen MR) is 133 cm³/mol. The molecule has 0 unspecified atom stereocenters. The third-order valence-corrected chi connectivity index (χ3v) is 6.64. The Kier molecular flexibility index (Phi) is 6.61. The Balaban J connectivity index is 1.37. The van der Waals surface area contributed by atoms with Crippen LogP contribution in [0.25, 0.3) is 16.2 Å². The second kappa shape index (κ2) is 9.87. The molecule has 190 valence electrons. The number of hydrogen-bond donors (Lipinski definition) is 1.